The summed E-state index contributed by atoms with van der Waals surface area (Å²) in [6.07, 6.45) is 1.00. The minimum atomic E-state index is 0.878. The molecule has 0 bridgehead atoms. The molecule has 0 saturated heterocycles. The number of benzene rings is 3. The molecule has 3 rings (SSSR count). The molecule has 3 aromatic carbocycles. The van der Waals surface area contributed by atoms with Gasteiger partial charge in [-0.1, -0.05) is 48.6 Å². The minimum Gasteiger partial charge on any atom is -0.497 e. The molecule has 0 amide bonds. The van der Waals surface area contributed by atoms with Gasteiger partial charge in [-0.3, -0.25) is 0 Å². The molecule has 0 saturated carbocycles. The summed E-state index contributed by atoms with van der Waals surface area (Å²) in [4.78, 5) is 0. The van der Waals surface area contributed by atoms with Crippen molar-refractivity contribution >= 4 is 10.8 Å². The van der Waals surface area contributed by atoms with Gasteiger partial charge in [0.25, 0.3) is 0 Å². The Bertz CT molecular complexity index is 910. The number of methoxy groups -OCH3 is 1. The van der Waals surface area contributed by atoms with Crippen LogP contribution in [0.2, 0.25) is 0 Å². The van der Waals surface area contributed by atoms with E-state index in [4.69, 9.17) is 4.74 Å². The Morgan fingerprint density at radius 3 is 2.43 bits per heavy atom. The smallest absolute Gasteiger partial charge is 0.119 e. The first-order chi connectivity index (χ1) is 11.2. The van der Waals surface area contributed by atoms with Crippen LogP contribution in [0, 0.1) is 18.8 Å². The van der Waals surface area contributed by atoms with Crippen molar-refractivity contribution in [1.82, 2.24) is 0 Å². The molecular weight excluding hydrogens is 280 g/mol. The second kappa shape index (κ2) is 6.58. The predicted octanol–water partition coefficient (Wildman–Crippen LogP) is 5.12. The van der Waals surface area contributed by atoms with E-state index in [0.29, 0.717) is 0 Å². The molecule has 114 valence electrons. The summed E-state index contributed by atoms with van der Waals surface area (Å²) in [5, 5.41) is 2.34. The lowest BCUT2D eigenvalue weighted by Gasteiger charge is -2.03. The van der Waals surface area contributed by atoms with Crippen LogP contribution in [-0.2, 0) is 6.42 Å². The number of hydrogen-bond acceptors (Lipinski definition) is 1. The van der Waals surface area contributed by atoms with Gasteiger partial charge in [-0.25, -0.2) is 0 Å². The van der Waals surface area contributed by atoms with Gasteiger partial charge in [-0.05, 0) is 60.0 Å². The molecule has 0 spiro atoms. The van der Waals surface area contributed by atoms with Gasteiger partial charge in [-0.15, -0.1) is 0 Å². The zero-order valence-electron chi connectivity index (χ0n) is 13.8. The molecule has 0 N–H and O–H groups in total. The maximum atomic E-state index is 5.27. The lowest BCUT2D eigenvalue weighted by Crippen LogP contribution is -1.88. The summed E-state index contributed by atoms with van der Waals surface area (Å²) in [7, 11) is 1.69. The Labute approximate surface area is 137 Å². The van der Waals surface area contributed by atoms with Gasteiger partial charge < -0.3 is 4.74 Å². The van der Waals surface area contributed by atoms with E-state index in [2.05, 4.69) is 68.2 Å². The molecule has 23 heavy (non-hydrogen) atoms. The number of hydrogen-bond donors (Lipinski definition) is 0. The van der Waals surface area contributed by atoms with E-state index in [-0.39, 0.29) is 0 Å². The zero-order chi connectivity index (χ0) is 16.2. The van der Waals surface area contributed by atoms with Crippen LogP contribution < -0.4 is 4.74 Å². The molecule has 0 aromatic heterocycles. The average Bonchev–Trinajstić information content (AvgIpc) is 2.59. The Hall–Kier alpha value is -2.72. The van der Waals surface area contributed by atoms with Crippen molar-refractivity contribution in [2.24, 2.45) is 0 Å². The third-order valence-electron chi connectivity index (χ3n) is 4.03. The lowest BCUT2D eigenvalue weighted by atomic mass is 10.0. The van der Waals surface area contributed by atoms with Gasteiger partial charge >= 0.3 is 0 Å². The first-order valence-electron chi connectivity index (χ1n) is 7.89. The van der Waals surface area contributed by atoms with Gasteiger partial charge in [0.1, 0.15) is 5.75 Å². The number of ether oxygens (including phenoxy) is 1. The maximum Gasteiger partial charge on any atom is 0.119 e. The van der Waals surface area contributed by atoms with Crippen molar-refractivity contribution in [1.29, 1.82) is 0 Å². The molecular formula is C22H20O. The largest absolute Gasteiger partial charge is 0.497 e. The fourth-order valence-corrected chi connectivity index (χ4v) is 2.71. The monoisotopic (exact) mass is 300 g/mol. The number of aryl methyl sites for hydroxylation is 2. The standard InChI is InChI=1S/C22H20O/c1-4-18-13-16(2)5-8-19(18)9-6-17-7-10-21-15-22(23-3)12-11-20(21)14-17/h5,7-8,10-15H,4H2,1-3H3. The van der Waals surface area contributed by atoms with E-state index in [1.807, 2.05) is 12.1 Å². The molecule has 1 nitrogen and oxygen atoms in total. The van der Waals surface area contributed by atoms with Crippen LogP contribution in [-0.4, -0.2) is 7.11 Å². The molecule has 0 atom stereocenters. The molecule has 3 aromatic rings. The van der Waals surface area contributed by atoms with Crippen LogP contribution in [0.15, 0.2) is 54.6 Å². The normalized spacial score (nSPS) is 10.2. The summed E-state index contributed by atoms with van der Waals surface area (Å²) in [5.41, 5.74) is 4.74. The minimum absolute atomic E-state index is 0.878. The molecule has 0 fully saturated rings. The average molecular weight is 300 g/mol. The van der Waals surface area contributed by atoms with E-state index < -0.39 is 0 Å². The van der Waals surface area contributed by atoms with E-state index >= 15 is 0 Å². The third kappa shape index (κ3) is 3.38. The fourth-order valence-electron chi connectivity index (χ4n) is 2.71. The van der Waals surface area contributed by atoms with Gasteiger partial charge in [0.05, 0.1) is 7.11 Å². The summed E-state index contributed by atoms with van der Waals surface area (Å²) >= 11 is 0. The van der Waals surface area contributed by atoms with Crippen molar-refractivity contribution in [2.45, 2.75) is 20.3 Å². The summed E-state index contributed by atoms with van der Waals surface area (Å²) < 4.78 is 5.27. The van der Waals surface area contributed by atoms with E-state index in [1.54, 1.807) is 7.11 Å². The van der Waals surface area contributed by atoms with Gasteiger partial charge in [-0.2, -0.15) is 0 Å². The van der Waals surface area contributed by atoms with Gasteiger partial charge in [0.15, 0.2) is 0 Å². The van der Waals surface area contributed by atoms with Gasteiger partial charge in [0.2, 0.25) is 0 Å². The third-order valence-corrected chi connectivity index (χ3v) is 4.03. The first kappa shape index (κ1) is 15.2. The topological polar surface area (TPSA) is 9.23 Å². The highest BCUT2D eigenvalue weighted by Gasteiger charge is 1.99. The van der Waals surface area contributed by atoms with Crippen LogP contribution in [0.5, 0.6) is 5.75 Å². The van der Waals surface area contributed by atoms with Crippen molar-refractivity contribution in [3.8, 4) is 17.6 Å². The Morgan fingerprint density at radius 2 is 1.65 bits per heavy atom. The second-order valence-electron chi connectivity index (χ2n) is 5.69. The Kier molecular flexibility index (Phi) is 4.35. The molecule has 0 radical (unpaired) electrons. The van der Waals surface area contributed by atoms with Gasteiger partial charge in [0, 0.05) is 11.1 Å². The number of fused-ring (bicyclic) bond motifs is 1. The van der Waals surface area contributed by atoms with Crippen molar-refractivity contribution in [3.63, 3.8) is 0 Å². The SMILES string of the molecule is CCc1cc(C)ccc1C#Cc1ccc2cc(OC)ccc2c1. The van der Waals surface area contributed by atoms with Crippen molar-refractivity contribution in [2.75, 3.05) is 7.11 Å². The second-order valence-corrected chi connectivity index (χ2v) is 5.69. The number of rotatable bonds is 2. The molecule has 0 heterocycles. The summed E-state index contributed by atoms with van der Waals surface area (Å²) in [6, 6.07) is 18.8. The fraction of sp³-hybridized carbons (Fsp3) is 0.182. The maximum absolute atomic E-state index is 5.27. The molecule has 0 aliphatic heterocycles. The molecule has 0 aliphatic carbocycles. The van der Waals surface area contributed by atoms with Crippen molar-refractivity contribution in [3.05, 3.63) is 76.9 Å². The highest BCUT2D eigenvalue weighted by molar-refractivity contribution is 5.85. The highest BCUT2D eigenvalue weighted by Crippen LogP contribution is 2.21. The van der Waals surface area contributed by atoms with Crippen molar-refractivity contribution < 1.29 is 4.74 Å². The quantitative estimate of drug-likeness (QED) is 0.597. The Morgan fingerprint density at radius 1 is 0.870 bits per heavy atom. The molecule has 0 unspecified atom stereocenters. The van der Waals surface area contributed by atoms with Crippen LogP contribution >= 0.6 is 0 Å². The van der Waals surface area contributed by atoms with E-state index in [0.717, 1.165) is 23.3 Å². The van der Waals surface area contributed by atoms with E-state index in [1.165, 1.54) is 21.9 Å². The lowest BCUT2D eigenvalue weighted by molar-refractivity contribution is 0.415. The van der Waals surface area contributed by atoms with Crippen LogP contribution in [0.25, 0.3) is 10.8 Å². The zero-order valence-corrected chi connectivity index (χ0v) is 13.8. The summed E-state index contributed by atoms with van der Waals surface area (Å²) in [5.74, 6) is 7.49. The first-order valence-corrected chi connectivity index (χ1v) is 7.89. The highest BCUT2D eigenvalue weighted by atomic mass is 16.5. The van der Waals surface area contributed by atoms with Crippen LogP contribution in [0.4, 0.5) is 0 Å². The van der Waals surface area contributed by atoms with E-state index in [9.17, 15) is 0 Å². The summed E-state index contributed by atoms with van der Waals surface area (Å²) in [6.45, 7) is 4.29. The van der Waals surface area contributed by atoms with Crippen LogP contribution in [0.1, 0.15) is 29.2 Å². The molecule has 1 heteroatoms. The Balaban J connectivity index is 1.96. The van der Waals surface area contributed by atoms with Crippen LogP contribution in [0.3, 0.4) is 0 Å². The molecule has 0 aliphatic rings. The predicted molar refractivity (Wildman–Crippen MR) is 97.0 cm³/mol.